The van der Waals surface area contributed by atoms with Gasteiger partial charge in [-0.05, 0) is 17.7 Å². The van der Waals surface area contributed by atoms with E-state index >= 15 is 0 Å². The van der Waals surface area contributed by atoms with Crippen LogP contribution in [0.25, 0.3) is 6.08 Å². The summed E-state index contributed by atoms with van der Waals surface area (Å²) >= 11 is 0. The summed E-state index contributed by atoms with van der Waals surface area (Å²) in [7, 11) is 0. The lowest BCUT2D eigenvalue weighted by atomic mass is 10.2. The third-order valence-corrected chi connectivity index (χ3v) is 1.39. The van der Waals surface area contributed by atoms with Crippen LogP contribution in [0.15, 0.2) is 18.3 Å². The summed E-state index contributed by atoms with van der Waals surface area (Å²) in [5.41, 5.74) is -0.0126. The number of hydrogen-bond acceptors (Lipinski definition) is 3. The van der Waals surface area contributed by atoms with Gasteiger partial charge < -0.3 is 5.11 Å². The number of rotatable bonds is 2. The average molecular weight is 192 g/mol. The molecule has 5 heteroatoms. The van der Waals surface area contributed by atoms with Crippen molar-refractivity contribution in [2.24, 2.45) is 0 Å². The molecule has 4 nitrogen and oxygen atoms in total. The molecular weight excluding hydrogens is 187 g/mol. The van der Waals surface area contributed by atoms with Crippen LogP contribution in [0, 0.1) is 17.1 Å². The maximum absolute atomic E-state index is 12.9. The number of carboxylic acids is 1. The Morgan fingerprint density at radius 1 is 1.71 bits per heavy atom. The van der Waals surface area contributed by atoms with E-state index in [9.17, 15) is 9.18 Å². The molecule has 1 heterocycles. The molecule has 0 saturated heterocycles. The first-order valence-electron chi connectivity index (χ1n) is 3.60. The van der Waals surface area contributed by atoms with E-state index in [2.05, 4.69) is 4.98 Å². The lowest BCUT2D eigenvalue weighted by Crippen LogP contribution is -1.91. The molecule has 0 aliphatic rings. The molecule has 1 rings (SSSR count). The molecule has 1 aromatic rings. The Labute approximate surface area is 78.9 Å². The number of carboxylic acid groups (broad SMARTS) is 1. The van der Waals surface area contributed by atoms with Crippen LogP contribution in [0.3, 0.4) is 0 Å². The predicted octanol–water partition coefficient (Wildman–Crippen LogP) is 1.19. The van der Waals surface area contributed by atoms with Gasteiger partial charge in [-0.3, -0.25) is 0 Å². The van der Waals surface area contributed by atoms with Crippen LogP contribution in [0.5, 0.6) is 0 Å². The molecule has 0 aliphatic heterocycles. The van der Waals surface area contributed by atoms with Gasteiger partial charge in [0.15, 0.2) is 11.5 Å². The van der Waals surface area contributed by atoms with E-state index in [4.69, 9.17) is 10.4 Å². The van der Waals surface area contributed by atoms with Gasteiger partial charge in [-0.25, -0.2) is 14.2 Å². The number of aliphatic carboxylic acids is 1. The number of nitriles is 1. The summed E-state index contributed by atoms with van der Waals surface area (Å²) in [6.45, 7) is 0. The van der Waals surface area contributed by atoms with Crippen molar-refractivity contribution in [1.29, 1.82) is 5.26 Å². The molecule has 0 aliphatic carbocycles. The minimum atomic E-state index is -1.13. The Morgan fingerprint density at radius 2 is 2.43 bits per heavy atom. The second-order valence-corrected chi connectivity index (χ2v) is 2.38. The second kappa shape index (κ2) is 4.14. The maximum Gasteiger partial charge on any atom is 0.328 e. The SMILES string of the molecule is N#Cc1ncc(C=CC(=O)O)cc1F. The zero-order valence-electron chi connectivity index (χ0n) is 6.94. The van der Waals surface area contributed by atoms with Gasteiger partial charge in [-0.15, -0.1) is 0 Å². The third-order valence-electron chi connectivity index (χ3n) is 1.39. The molecule has 0 radical (unpaired) electrons. The Balaban J connectivity index is 2.99. The molecule has 14 heavy (non-hydrogen) atoms. The lowest BCUT2D eigenvalue weighted by molar-refractivity contribution is -0.131. The highest BCUT2D eigenvalue weighted by atomic mass is 19.1. The molecule has 70 valence electrons. The minimum absolute atomic E-state index is 0.295. The van der Waals surface area contributed by atoms with Gasteiger partial charge in [0.2, 0.25) is 0 Å². The Kier molecular flexibility index (Phi) is 2.92. The quantitative estimate of drug-likeness (QED) is 0.714. The fraction of sp³-hybridized carbons (Fsp3) is 0. The maximum atomic E-state index is 12.9. The van der Waals surface area contributed by atoms with Crippen molar-refractivity contribution in [1.82, 2.24) is 4.98 Å². The summed E-state index contributed by atoms with van der Waals surface area (Å²) in [5.74, 6) is -1.89. The van der Waals surface area contributed by atoms with Crippen molar-refractivity contribution < 1.29 is 14.3 Å². The Bertz CT molecular complexity index is 435. The fourth-order valence-electron chi connectivity index (χ4n) is 0.794. The smallest absolute Gasteiger partial charge is 0.328 e. The normalized spacial score (nSPS) is 10.0. The topological polar surface area (TPSA) is 74.0 Å². The molecule has 0 unspecified atom stereocenters. The van der Waals surface area contributed by atoms with E-state index in [1.54, 1.807) is 6.07 Å². The van der Waals surface area contributed by atoms with Crippen LogP contribution < -0.4 is 0 Å². The number of nitrogens with zero attached hydrogens (tertiary/aromatic N) is 2. The first-order valence-corrected chi connectivity index (χ1v) is 3.60. The number of carbonyl (C=O) groups is 1. The molecule has 0 aromatic carbocycles. The molecule has 0 atom stereocenters. The van der Waals surface area contributed by atoms with Crippen LogP contribution in [0.4, 0.5) is 4.39 Å². The van der Waals surface area contributed by atoms with Crippen molar-refractivity contribution >= 4 is 12.0 Å². The van der Waals surface area contributed by atoms with E-state index in [1.165, 1.54) is 12.3 Å². The number of aromatic nitrogens is 1. The number of pyridine rings is 1. The first kappa shape index (κ1) is 9.86. The highest BCUT2D eigenvalue weighted by Gasteiger charge is 2.02. The highest BCUT2D eigenvalue weighted by molar-refractivity contribution is 5.85. The fourth-order valence-corrected chi connectivity index (χ4v) is 0.794. The van der Waals surface area contributed by atoms with Crippen molar-refractivity contribution in [3.8, 4) is 6.07 Å². The number of halogens is 1. The molecule has 0 spiro atoms. The Hall–Kier alpha value is -2.22. The van der Waals surface area contributed by atoms with Gasteiger partial charge in [0.25, 0.3) is 0 Å². The predicted molar refractivity (Wildman–Crippen MR) is 45.6 cm³/mol. The van der Waals surface area contributed by atoms with Gasteiger partial charge in [0.1, 0.15) is 6.07 Å². The molecule has 0 fully saturated rings. The first-order chi connectivity index (χ1) is 6.63. The molecule has 0 bridgehead atoms. The largest absolute Gasteiger partial charge is 0.478 e. The second-order valence-electron chi connectivity index (χ2n) is 2.38. The van der Waals surface area contributed by atoms with Crippen LogP contribution in [0.2, 0.25) is 0 Å². The van der Waals surface area contributed by atoms with Gasteiger partial charge in [0.05, 0.1) is 0 Å². The van der Waals surface area contributed by atoms with E-state index in [-0.39, 0.29) is 5.69 Å². The van der Waals surface area contributed by atoms with Gasteiger partial charge in [-0.1, -0.05) is 0 Å². The summed E-state index contributed by atoms with van der Waals surface area (Å²) in [4.78, 5) is 13.6. The van der Waals surface area contributed by atoms with Crippen LogP contribution in [-0.2, 0) is 4.79 Å². The van der Waals surface area contributed by atoms with E-state index in [0.29, 0.717) is 5.56 Å². The molecule has 1 N–H and O–H groups in total. The summed E-state index contributed by atoms with van der Waals surface area (Å²) in [6.07, 6.45) is 3.28. The molecule has 0 amide bonds. The van der Waals surface area contributed by atoms with Crippen molar-refractivity contribution in [2.45, 2.75) is 0 Å². The van der Waals surface area contributed by atoms with E-state index in [1.807, 2.05) is 0 Å². The monoisotopic (exact) mass is 192 g/mol. The van der Waals surface area contributed by atoms with Crippen LogP contribution in [0.1, 0.15) is 11.3 Å². The van der Waals surface area contributed by atoms with E-state index in [0.717, 1.165) is 12.1 Å². The molecule has 0 saturated carbocycles. The van der Waals surface area contributed by atoms with Crippen molar-refractivity contribution in [3.63, 3.8) is 0 Å². The van der Waals surface area contributed by atoms with Crippen molar-refractivity contribution in [3.05, 3.63) is 35.4 Å². The standard InChI is InChI=1S/C9H5FN2O2/c10-7-3-6(1-2-9(13)14)5-12-8(7)4-11/h1-3,5H,(H,13,14). The van der Waals surface area contributed by atoms with Crippen molar-refractivity contribution in [2.75, 3.05) is 0 Å². The zero-order valence-corrected chi connectivity index (χ0v) is 6.94. The van der Waals surface area contributed by atoms with Gasteiger partial charge >= 0.3 is 5.97 Å². The number of hydrogen-bond donors (Lipinski definition) is 1. The van der Waals surface area contributed by atoms with Crippen LogP contribution in [-0.4, -0.2) is 16.1 Å². The summed E-state index contributed by atoms with van der Waals surface area (Å²) in [5, 5.41) is 16.7. The van der Waals surface area contributed by atoms with Gasteiger partial charge in [-0.2, -0.15) is 5.26 Å². The average Bonchev–Trinajstić information content (AvgIpc) is 2.15. The Morgan fingerprint density at radius 3 is 2.93 bits per heavy atom. The minimum Gasteiger partial charge on any atom is -0.478 e. The molecular formula is C9H5FN2O2. The van der Waals surface area contributed by atoms with Crippen LogP contribution >= 0.6 is 0 Å². The summed E-state index contributed by atoms with van der Waals surface area (Å²) < 4.78 is 12.9. The van der Waals surface area contributed by atoms with E-state index < -0.39 is 11.8 Å². The highest BCUT2D eigenvalue weighted by Crippen LogP contribution is 2.07. The molecule has 1 aromatic heterocycles. The van der Waals surface area contributed by atoms with Gasteiger partial charge in [0, 0.05) is 12.3 Å². The third kappa shape index (κ3) is 2.38. The summed E-state index contributed by atoms with van der Waals surface area (Å²) in [6, 6.07) is 2.61. The zero-order chi connectivity index (χ0) is 10.6. The lowest BCUT2D eigenvalue weighted by Gasteiger charge is -1.94.